The highest BCUT2D eigenvalue weighted by Crippen LogP contribution is 2.34. The second kappa shape index (κ2) is 13.2. The third-order valence-corrected chi connectivity index (χ3v) is 9.35. The molecule has 11 nitrogen and oxygen atoms in total. The molecule has 0 spiro atoms. The Labute approximate surface area is 249 Å². The summed E-state index contributed by atoms with van der Waals surface area (Å²) in [5, 5.41) is 11.4. The average molecular weight is 611 g/mol. The van der Waals surface area contributed by atoms with E-state index in [1.807, 2.05) is 24.3 Å². The molecule has 0 radical (unpaired) electrons. The second-order valence-corrected chi connectivity index (χ2v) is 13.1. The maximum atomic E-state index is 13.5. The average Bonchev–Trinajstić information content (AvgIpc) is 3.31. The fraction of sp³-hybridized carbons (Fsp3) is 0.414. The number of fused-ring (bicyclic) bond motifs is 3. The van der Waals surface area contributed by atoms with E-state index in [0.717, 1.165) is 48.6 Å². The van der Waals surface area contributed by atoms with Gasteiger partial charge < -0.3 is 10.6 Å². The molecule has 2 heterocycles. The molecule has 2 aromatic rings. The van der Waals surface area contributed by atoms with Gasteiger partial charge in [0.15, 0.2) is 5.17 Å². The van der Waals surface area contributed by atoms with E-state index >= 15 is 0 Å². The van der Waals surface area contributed by atoms with Crippen LogP contribution in [0.4, 0.5) is 5.69 Å². The fourth-order valence-corrected chi connectivity index (χ4v) is 6.62. The van der Waals surface area contributed by atoms with Gasteiger partial charge in [0, 0.05) is 24.6 Å². The lowest BCUT2D eigenvalue weighted by Crippen LogP contribution is -2.42. The van der Waals surface area contributed by atoms with Gasteiger partial charge in [0.1, 0.15) is 11.9 Å². The summed E-state index contributed by atoms with van der Waals surface area (Å²) >= 11 is 1.15. The van der Waals surface area contributed by atoms with E-state index in [-0.39, 0.29) is 40.8 Å². The predicted octanol–water partition coefficient (Wildman–Crippen LogP) is 2.61. The first-order valence-electron chi connectivity index (χ1n) is 14.1. The molecule has 0 aromatic heterocycles. The monoisotopic (exact) mass is 610 g/mol. The highest BCUT2D eigenvalue weighted by Gasteiger charge is 2.41. The number of amidine groups is 2. The van der Waals surface area contributed by atoms with Gasteiger partial charge in [-0.05, 0) is 55.5 Å². The lowest BCUT2D eigenvalue weighted by atomic mass is 9.95. The SMILES string of the molecule is NS(=O)(=O)c1ccc(CCNC(=O)CSC2=Nc3ccccc3C3=NC(CCC(=O)NC4CCCCC4)C(=O)N23)cc1. The molecule has 0 saturated heterocycles. The number of aliphatic imine (C=N–C) groups is 2. The van der Waals surface area contributed by atoms with Crippen LogP contribution in [0, 0.1) is 0 Å². The van der Waals surface area contributed by atoms with Crippen molar-refractivity contribution in [2.24, 2.45) is 15.1 Å². The standard InChI is InChI=1S/C29H34N6O5S2/c30-42(39,40)21-12-10-19(11-13-21)16-17-31-26(37)18-41-29-34-23-9-5-4-8-22(23)27-33-24(28(38)35(27)29)14-15-25(36)32-20-6-2-1-3-7-20/h4-5,8-13,20,24H,1-3,6-7,14-18H2,(H,31,37)(H,32,36)(H2,30,39,40). The normalized spacial score (nSPS) is 18.5. The number of carbonyl (C=O) groups is 3. The fourth-order valence-electron chi connectivity index (χ4n) is 5.27. The number of nitrogens with two attached hydrogens (primary N) is 1. The number of carbonyl (C=O) groups excluding carboxylic acids is 3. The Morgan fingerprint density at radius 1 is 1.02 bits per heavy atom. The van der Waals surface area contributed by atoms with Gasteiger partial charge in [-0.2, -0.15) is 0 Å². The van der Waals surface area contributed by atoms with Crippen LogP contribution in [0.1, 0.15) is 56.1 Å². The van der Waals surface area contributed by atoms with Crippen molar-refractivity contribution in [2.45, 2.75) is 68.3 Å². The van der Waals surface area contributed by atoms with Crippen molar-refractivity contribution in [2.75, 3.05) is 12.3 Å². The molecule has 0 bridgehead atoms. The Kier molecular flexibility index (Phi) is 9.39. The molecule has 1 unspecified atom stereocenters. The number of amides is 3. The minimum absolute atomic E-state index is 0.0332. The van der Waals surface area contributed by atoms with Crippen molar-refractivity contribution in [3.63, 3.8) is 0 Å². The lowest BCUT2D eigenvalue weighted by molar-refractivity contribution is -0.125. The molecule has 5 rings (SSSR count). The summed E-state index contributed by atoms with van der Waals surface area (Å²) in [6, 6.07) is 13.1. The summed E-state index contributed by atoms with van der Waals surface area (Å²) in [5.41, 5.74) is 2.26. The summed E-state index contributed by atoms with van der Waals surface area (Å²) in [5.74, 6) is -0.00499. The molecular formula is C29H34N6O5S2. The van der Waals surface area contributed by atoms with E-state index in [9.17, 15) is 22.8 Å². The topological polar surface area (TPSA) is 163 Å². The molecule has 222 valence electrons. The third-order valence-electron chi connectivity index (χ3n) is 7.48. The number of hydrogen-bond donors (Lipinski definition) is 3. The number of hydrogen-bond acceptors (Lipinski definition) is 8. The molecule has 1 aliphatic carbocycles. The number of rotatable bonds is 10. The first-order chi connectivity index (χ1) is 20.2. The van der Waals surface area contributed by atoms with Crippen LogP contribution in [0.5, 0.6) is 0 Å². The molecule has 2 aromatic carbocycles. The maximum Gasteiger partial charge on any atom is 0.259 e. The molecule has 2 aliphatic heterocycles. The van der Waals surface area contributed by atoms with Crippen molar-refractivity contribution in [3.05, 3.63) is 59.7 Å². The third kappa shape index (κ3) is 7.26. The zero-order valence-electron chi connectivity index (χ0n) is 23.1. The lowest BCUT2D eigenvalue weighted by Gasteiger charge is -2.25. The number of primary sulfonamides is 1. The van der Waals surface area contributed by atoms with Gasteiger partial charge in [0.05, 0.1) is 16.3 Å². The van der Waals surface area contributed by atoms with Gasteiger partial charge in [0.2, 0.25) is 21.8 Å². The largest absolute Gasteiger partial charge is 0.355 e. The number of nitrogens with one attached hydrogen (secondary N) is 2. The van der Waals surface area contributed by atoms with E-state index in [0.29, 0.717) is 36.1 Å². The van der Waals surface area contributed by atoms with Crippen molar-refractivity contribution in [3.8, 4) is 0 Å². The number of benzene rings is 2. The molecular weight excluding hydrogens is 576 g/mol. The van der Waals surface area contributed by atoms with Crippen LogP contribution in [-0.4, -0.2) is 66.4 Å². The van der Waals surface area contributed by atoms with Crippen LogP contribution in [0.15, 0.2) is 63.4 Å². The Balaban J connectivity index is 1.16. The van der Waals surface area contributed by atoms with Crippen molar-refractivity contribution in [1.82, 2.24) is 15.5 Å². The van der Waals surface area contributed by atoms with E-state index in [1.165, 1.54) is 23.5 Å². The van der Waals surface area contributed by atoms with Crippen molar-refractivity contribution >= 4 is 56.2 Å². The van der Waals surface area contributed by atoms with E-state index in [2.05, 4.69) is 15.6 Å². The van der Waals surface area contributed by atoms with Crippen molar-refractivity contribution < 1.29 is 22.8 Å². The van der Waals surface area contributed by atoms with Crippen LogP contribution in [0.25, 0.3) is 0 Å². The predicted molar refractivity (Wildman–Crippen MR) is 162 cm³/mol. The Morgan fingerprint density at radius 2 is 1.76 bits per heavy atom. The van der Waals surface area contributed by atoms with Crippen LogP contribution >= 0.6 is 11.8 Å². The summed E-state index contributed by atoms with van der Waals surface area (Å²) in [4.78, 5) is 49.5. The molecule has 3 aliphatic rings. The first-order valence-corrected chi connectivity index (χ1v) is 16.6. The van der Waals surface area contributed by atoms with E-state index in [1.54, 1.807) is 12.1 Å². The Bertz CT molecular complexity index is 1520. The molecule has 1 atom stereocenters. The smallest absolute Gasteiger partial charge is 0.259 e. The van der Waals surface area contributed by atoms with Gasteiger partial charge >= 0.3 is 0 Å². The van der Waals surface area contributed by atoms with E-state index < -0.39 is 16.1 Å². The minimum Gasteiger partial charge on any atom is -0.355 e. The van der Waals surface area contributed by atoms with Gasteiger partial charge in [0.25, 0.3) is 5.91 Å². The maximum absolute atomic E-state index is 13.5. The molecule has 1 saturated carbocycles. The van der Waals surface area contributed by atoms with Crippen LogP contribution in [0.3, 0.4) is 0 Å². The number of para-hydroxylation sites is 1. The van der Waals surface area contributed by atoms with Crippen molar-refractivity contribution in [1.29, 1.82) is 0 Å². The quantitative estimate of drug-likeness (QED) is 0.374. The van der Waals surface area contributed by atoms with Gasteiger partial charge in [-0.15, -0.1) is 0 Å². The summed E-state index contributed by atoms with van der Waals surface area (Å²) in [6.45, 7) is 0.351. The van der Waals surface area contributed by atoms with E-state index in [4.69, 9.17) is 10.1 Å². The Morgan fingerprint density at radius 3 is 2.50 bits per heavy atom. The van der Waals surface area contributed by atoms with Crippen LogP contribution in [-0.2, 0) is 30.8 Å². The first kappa shape index (κ1) is 29.9. The zero-order valence-corrected chi connectivity index (χ0v) is 24.8. The minimum atomic E-state index is -3.75. The molecule has 42 heavy (non-hydrogen) atoms. The highest BCUT2D eigenvalue weighted by atomic mass is 32.2. The molecule has 3 amide bonds. The highest BCUT2D eigenvalue weighted by molar-refractivity contribution is 8.14. The second-order valence-electron chi connectivity index (χ2n) is 10.6. The number of thioether (sulfide) groups is 1. The Hall–Kier alpha value is -3.55. The van der Waals surface area contributed by atoms with Gasteiger partial charge in [-0.25, -0.2) is 23.4 Å². The zero-order chi connectivity index (χ0) is 29.7. The molecule has 13 heteroatoms. The van der Waals surface area contributed by atoms with Gasteiger partial charge in [-0.3, -0.25) is 19.4 Å². The summed E-state index contributed by atoms with van der Waals surface area (Å²) < 4.78 is 22.8. The molecule has 4 N–H and O–H groups in total. The summed E-state index contributed by atoms with van der Waals surface area (Å²) in [7, 11) is -3.75. The summed E-state index contributed by atoms with van der Waals surface area (Å²) in [6.07, 6.45) is 6.49. The molecule has 1 fully saturated rings. The van der Waals surface area contributed by atoms with Gasteiger partial charge in [-0.1, -0.05) is 55.3 Å². The number of sulfonamides is 1. The van der Waals surface area contributed by atoms with Crippen LogP contribution in [0.2, 0.25) is 0 Å². The number of nitrogens with zero attached hydrogens (tertiary/aromatic N) is 3. The van der Waals surface area contributed by atoms with Crippen LogP contribution < -0.4 is 15.8 Å².